The van der Waals surface area contributed by atoms with E-state index in [1.807, 2.05) is 30.5 Å². The molecule has 1 aliphatic carbocycles. The van der Waals surface area contributed by atoms with E-state index in [1.54, 1.807) is 11.8 Å². The van der Waals surface area contributed by atoms with Crippen LogP contribution >= 0.6 is 11.8 Å². The topological polar surface area (TPSA) is 87.7 Å². The van der Waals surface area contributed by atoms with Crippen LogP contribution in [0.15, 0.2) is 34.3 Å². The molecule has 1 aromatic rings. The molecular formula is C15H21N3O2S. The number of hydrogen-bond acceptors (Lipinski definition) is 4. The van der Waals surface area contributed by atoms with Crippen molar-refractivity contribution in [2.45, 2.75) is 37.0 Å². The summed E-state index contributed by atoms with van der Waals surface area (Å²) in [5, 5.41) is 15.1. The monoisotopic (exact) mass is 307 g/mol. The van der Waals surface area contributed by atoms with Gasteiger partial charge in [0.15, 0.2) is 5.84 Å². The molecule has 1 fully saturated rings. The number of carbonyl (C=O) groups excluding carboxylic acids is 1. The van der Waals surface area contributed by atoms with Crippen molar-refractivity contribution in [2.75, 3.05) is 11.6 Å². The Morgan fingerprint density at radius 1 is 1.38 bits per heavy atom. The average molecular weight is 307 g/mol. The summed E-state index contributed by atoms with van der Waals surface area (Å²) in [5.41, 5.74) is 5.68. The molecule has 1 aromatic carbocycles. The second kappa shape index (κ2) is 6.85. The number of hydrogen-bond donors (Lipinski definition) is 3. The van der Waals surface area contributed by atoms with E-state index in [9.17, 15) is 4.79 Å². The Labute approximate surface area is 129 Å². The Bertz CT molecular complexity index is 539. The number of amidine groups is 1. The van der Waals surface area contributed by atoms with Gasteiger partial charge in [-0.2, -0.15) is 0 Å². The second-order valence-corrected chi connectivity index (χ2v) is 6.19. The molecule has 0 atom stereocenters. The van der Waals surface area contributed by atoms with E-state index in [0.29, 0.717) is 12.8 Å². The quantitative estimate of drug-likeness (QED) is 0.262. The fourth-order valence-electron chi connectivity index (χ4n) is 2.80. The molecule has 5 nitrogen and oxygen atoms in total. The van der Waals surface area contributed by atoms with Gasteiger partial charge in [0.05, 0.1) is 0 Å². The number of amides is 1. The van der Waals surface area contributed by atoms with E-state index in [-0.39, 0.29) is 11.7 Å². The summed E-state index contributed by atoms with van der Waals surface area (Å²) in [6.07, 6.45) is 6.13. The van der Waals surface area contributed by atoms with Crippen molar-refractivity contribution in [1.82, 2.24) is 0 Å². The van der Waals surface area contributed by atoms with Gasteiger partial charge in [-0.1, -0.05) is 30.5 Å². The van der Waals surface area contributed by atoms with Gasteiger partial charge in [-0.3, -0.25) is 4.79 Å². The Kier molecular flexibility index (Phi) is 5.12. The van der Waals surface area contributed by atoms with Crippen molar-refractivity contribution < 1.29 is 10.0 Å². The van der Waals surface area contributed by atoms with Crippen LogP contribution in [0.25, 0.3) is 0 Å². The number of nitrogens with zero attached hydrogens (tertiary/aromatic N) is 1. The maximum absolute atomic E-state index is 12.7. The Hall–Kier alpha value is -1.69. The maximum atomic E-state index is 12.7. The van der Waals surface area contributed by atoms with Gasteiger partial charge >= 0.3 is 0 Å². The number of thioether (sulfide) groups is 1. The minimum Gasteiger partial charge on any atom is -0.409 e. The molecule has 2 rings (SSSR count). The highest BCUT2D eigenvalue weighted by molar-refractivity contribution is 7.98. The predicted molar refractivity (Wildman–Crippen MR) is 85.8 cm³/mol. The molecule has 0 unspecified atom stereocenters. The lowest BCUT2D eigenvalue weighted by Gasteiger charge is -2.34. The normalized spacial score (nSPS) is 18.2. The van der Waals surface area contributed by atoms with Crippen LogP contribution in [-0.4, -0.2) is 23.2 Å². The summed E-state index contributed by atoms with van der Waals surface area (Å²) in [6.45, 7) is 0. The van der Waals surface area contributed by atoms with E-state index in [1.165, 1.54) is 0 Å². The van der Waals surface area contributed by atoms with Gasteiger partial charge in [0.2, 0.25) is 5.91 Å². The smallest absolute Gasteiger partial charge is 0.238 e. The Morgan fingerprint density at radius 3 is 2.71 bits per heavy atom. The third-order valence-electron chi connectivity index (χ3n) is 4.07. The molecule has 0 spiro atoms. The minimum absolute atomic E-state index is 0.0146. The SMILES string of the molecule is CSc1cccc(NC(=O)C2(C(N)=NO)CCCCC2)c1. The highest BCUT2D eigenvalue weighted by Gasteiger charge is 2.43. The van der Waals surface area contributed by atoms with Gasteiger partial charge in [-0.05, 0) is 37.3 Å². The highest BCUT2D eigenvalue weighted by Crippen LogP contribution is 2.37. The number of nitrogens with one attached hydrogen (secondary N) is 1. The van der Waals surface area contributed by atoms with Crippen molar-refractivity contribution in [1.29, 1.82) is 0 Å². The van der Waals surface area contributed by atoms with Crippen LogP contribution in [0.5, 0.6) is 0 Å². The number of benzene rings is 1. The van der Waals surface area contributed by atoms with Crippen LogP contribution < -0.4 is 11.1 Å². The standard InChI is InChI=1S/C15H21N3O2S/c1-21-12-7-5-6-11(10-12)17-14(19)15(13(16)18-20)8-3-2-4-9-15/h5-7,10,20H,2-4,8-9H2,1H3,(H2,16,18)(H,17,19). The molecule has 21 heavy (non-hydrogen) atoms. The Morgan fingerprint density at radius 2 is 2.10 bits per heavy atom. The number of anilines is 1. The van der Waals surface area contributed by atoms with Gasteiger partial charge in [0, 0.05) is 10.6 Å². The van der Waals surface area contributed by atoms with Crippen LogP contribution in [0, 0.1) is 5.41 Å². The largest absolute Gasteiger partial charge is 0.409 e. The number of rotatable bonds is 4. The summed E-state index contributed by atoms with van der Waals surface area (Å²) in [5.74, 6) is -0.170. The van der Waals surface area contributed by atoms with Gasteiger partial charge in [-0.15, -0.1) is 11.8 Å². The number of nitrogens with two attached hydrogens (primary N) is 1. The van der Waals surface area contributed by atoms with Crippen molar-refractivity contribution in [3.8, 4) is 0 Å². The fraction of sp³-hybridized carbons (Fsp3) is 0.467. The first-order chi connectivity index (χ1) is 10.1. The van der Waals surface area contributed by atoms with E-state index >= 15 is 0 Å². The first-order valence-corrected chi connectivity index (χ1v) is 8.28. The lowest BCUT2D eigenvalue weighted by atomic mass is 9.72. The van der Waals surface area contributed by atoms with Crippen molar-refractivity contribution >= 4 is 29.2 Å². The van der Waals surface area contributed by atoms with Crippen molar-refractivity contribution in [3.63, 3.8) is 0 Å². The van der Waals surface area contributed by atoms with Crippen LogP contribution in [0.1, 0.15) is 32.1 Å². The number of carbonyl (C=O) groups is 1. The average Bonchev–Trinajstić information content (AvgIpc) is 2.54. The van der Waals surface area contributed by atoms with Gasteiger partial charge in [0.1, 0.15) is 5.41 Å². The zero-order chi connectivity index (χ0) is 15.3. The van der Waals surface area contributed by atoms with Crippen LogP contribution in [0.2, 0.25) is 0 Å². The number of oxime groups is 1. The molecule has 0 radical (unpaired) electrons. The molecule has 4 N–H and O–H groups in total. The molecule has 0 saturated heterocycles. The summed E-state index contributed by atoms with van der Waals surface area (Å²) < 4.78 is 0. The summed E-state index contributed by atoms with van der Waals surface area (Å²) in [7, 11) is 0. The summed E-state index contributed by atoms with van der Waals surface area (Å²) >= 11 is 1.62. The summed E-state index contributed by atoms with van der Waals surface area (Å²) in [4.78, 5) is 13.8. The van der Waals surface area contributed by atoms with Crippen molar-refractivity contribution in [2.24, 2.45) is 16.3 Å². The first kappa shape index (κ1) is 15.7. The molecule has 1 amide bonds. The van der Waals surface area contributed by atoms with Gasteiger partial charge in [0.25, 0.3) is 0 Å². The molecule has 6 heteroatoms. The molecule has 114 valence electrons. The maximum Gasteiger partial charge on any atom is 0.238 e. The molecule has 0 aliphatic heterocycles. The molecular weight excluding hydrogens is 286 g/mol. The second-order valence-electron chi connectivity index (χ2n) is 5.31. The van der Waals surface area contributed by atoms with Crippen LogP contribution in [0.3, 0.4) is 0 Å². The fourth-order valence-corrected chi connectivity index (χ4v) is 3.26. The Balaban J connectivity index is 2.22. The third kappa shape index (κ3) is 3.32. The highest BCUT2D eigenvalue weighted by atomic mass is 32.2. The van der Waals surface area contributed by atoms with E-state index in [4.69, 9.17) is 10.9 Å². The lowest BCUT2D eigenvalue weighted by Crippen LogP contribution is -2.48. The predicted octanol–water partition coefficient (Wildman–Crippen LogP) is 3.04. The first-order valence-electron chi connectivity index (χ1n) is 7.06. The van der Waals surface area contributed by atoms with E-state index in [0.717, 1.165) is 29.8 Å². The van der Waals surface area contributed by atoms with Crippen LogP contribution in [-0.2, 0) is 4.79 Å². The molecule has 0 aromatic heterocycles. The molecule has 1 aliphatic rings. The molecule has 1 saturated carbocycles. The van der Waals surface area contributed by atoms with Crippen molar-refractivity contribution in [3.05, 3.63) is 24.3 Å². The van der Waals surface area contributed by atoms with Crippen LogP contribution in [0.4, 0.5) is 5.69 Å². The summed E-state index contributed by atoms with van der Waals surface area (Å²) in [6, 6.07) is 7.66. The third-order valence-corrected chi connectivity index (χ3v) is 4.79. The van der Waals surface area contributed by atoms with E-state index in [2.05, 4.69) is 10.5 Å². The molecule has 0 heterocycles. The molecule has 0 bridgehead atoms. The minimum atomic E-state index is -0.887. The zero-order valence-corrected chi connectivity index (χ0v) is 12.9. The zero-order valence-electron chi connectivity index (χ0n) is 12.1. The van der Waals surface area contributed by atoms with Gasteiger partial charge in [-0.25, -0.2) is 0 Å². The lowest BCUT2D eigenvalue weighted by molar-refractivity contribution is -0.123. The van der Waals surface area contributed by atoms with Gasteiger partial charge < -0.3 is 16.3 Å². The van der Waals surface area contributed by atoms with E-state index < -0.39 is 5.41 Å².